The molecule has 0 aromatic carbocycles. The van der Waals surface area contributed by atoms with Crippen LogP contribution in [0.1, 0.15) is 0 Å². The van der Waals surface area contributed by atoms with Crippen LogP contribution in [0.2, 0.25) is 0 Å². The van der Waals surface area contributed by atoms with E-state index in [-0.39, 0.29) is 9.76 Å². The number of epoxide rings is 1. The molecule has 0 aromatic heterocycles. The van der Waals surface area contributed by atoms with Crippen molar-refractivity contribution in [2.24, 2.45) is 0 Å². The number of rotatable bonds is 2. The Kier molecular flexibility index (Phi) is 1.41. The molecule has 0 aromatic rings. The molecule has 0 spiro atoms. The second kappa shape index (κ2) is 1.88. The topological polar surface area (TPSA) is 21.8 Å². The Morgan fingerprint density at radius 1 is 2.00 bits per heavy atom. The Morgan fingerprint density at radius 3 is 2.83 bits per heavy atom. The third-order valence-electron chi connectivity index (χ3n) is 0.755. The highest BCUT2D eigenvalue weighted by molar-refractivity contribution is 6.36. The Morgan fingerprint density at radius 2 is 2.67 bits per heavy atom. The molecule has 0 aliphatic carbocycles. The van der Waals surface area contributed by atoms with E-state index in [0.717, 1.165) is 17.1 Å². The Labute approximate surface area is 42.3 Å². The summed E-state index contributed by atoms with van der Waals surface area (Å²) in [7, 11) is 0.716. The van der Waals surface area contributed by atoms with Crippen LogP contribution in [-0.2, 0) is 8.85 Å². The predicted octanol–water partition coefficient (Wildman–Crippen LogP) is -2.28. The third-order valence-corrected chi connectivity index (χ3v) is 2.93. The molecule has 4 heteroatoms. The van der Waals surface area contributed by atoms with Gasteiger partial charge in [-0.1, -0.05) is 0 Å². The van der Waals surface area contributed by atoms with Gasteiger partial charge >= 0.3 is 0 Å². The van der Waals surface area contributed by atoms with Crippen molar-refractivity contribution in [2.45, 2.75) is 5.73 Å². The maximum Gasteiger partial charge on any atom is 0.178 e. The quantitative estimate of drug-likeness (QED) is 0.303. The molecular weight excluding hydrogens is 112 g/mol. The first-order valence-corrected chi connectivity index (χ1v) is 4.25. The van der Waals surface area contributed by atoms with E-state index >= 15 is 0 Å². The van der Waals surface area contributed by atoms with E-state index in [0.29, 0.717) is 5.73 Å². The van der Waals surface area contributed by atoms with Crippen molar-refractivity contribution < 1.29 is 8.85 Å². The molecule has 1 rings (SSSR count). The molecule has 0 bridgehead atoms. The van der Waals surface area contributed by atoms with Crippen molar-refractivity contribution in [3.8, 4) is 0 Å². The minimum atomic E-state index is -0.193. The van der Waals surface area contributed by atoms with Crippen LogP contribution in [0, 0.1) is 0 Å². The van der Waals surface area contributed by atoms with Gasteiger partial charge in [0.2, 0.25) is 0 Å². The van der Waals surface area contributed by atoms with Gasteiger partial charge in [0.15, 0.2) is 9.76 Å². The summed E-state index contributed by atoms with van der Waals surface area (Å²) in [6.45, 7) is 0.981. The number of hydrogen-bond acceptors (Lipinski definition) is 2. The molecule has 1 unspecified atom stereocenters. The van der Waals surface area contributed by atoms with Gasteiger partial charge in [-0.25, -0.2) is 0 Å². The largest absolute Gasteiger partial charge is 0.466 e. The van der Waals surface area contributed by atoms with Gasteiger partial charge < -0.3 is 8.85 Å². The summed E-state index contributed by atoms with van der Waals surface area (Å²) in [4.78, 5) is 0. The summed E-state index contributed by atoms with van der Waals surface area (Å²) >= 11 is 0. The van der Waals surface area contributed by atoms with Crippen molar-refractivity contribution >= 4 is 20.2 Å². The summed E-state index contributed by atoms with van der Waals surface area (Å²) in [6.07, 6.45) is 0. The fourth-order valence-corrected chi connectivity index (χ4v) is 2.17. The average molecular weight is 120 g/mol. The first-order chi connectivity index (χ1) is 2.93. The lowest BCUT2D eigenvalue weighted by molar-refractivity contribution is 0.443. The van der Waals surface area contributed by atoms with Gasteiger partial charge in [-0.2, -0.15) is 0 Å². The molecule has 0 N–H and O–H groups in total. The van der Waals surface area contributed by atoms with Gasteiger partial charge in [0.1, 0.15) is 10.5 Å². The summed E-state index contributed by atoms with van der Waals surface area (Å²) in [5, 5.41) is 0. The number of hydrogen-bond donors (Lipinski definition) is 0. The zero-order chi connectivity index (χ0) is 4.41. The molecule has 1 saturated heterocycles. The summed E-state index contributed by atoms with van der Waals surface area (Å²) in [5.74, 6) is 0. The van der Waals surface area contributed by atoms with E-state index in [1.54, 1.807) is 0 Å². The molecule has 2 nitrogen and oxygen atoms in total. The van der Waals surface area contributed by atoms with Crippen LogP contribution in [0.3, 0.4) is 0 Å². The molecule has 6 heavy (non-hydrogen) atoms. The van der Waals surface area contributed by atoms with Crippen molar-refractivity contribution in [1.82, 2.24) is 0 Å². The molecule has 1 aliphatic heterocycles. The van der Waals surface area contributed by atoms with Gasteiger partial charge in [0.05, 0.1) is 12.3 Å². The van der Waals surface area contributed by atoms with Gasteiger partial charge in [-0.05, 0) is 0 Å². The van der Waals surface area contributed by atoms with Crippen LogP contribution in [0.5, 0.6) is 0 Å². The highest BCUT2D eigenvalue weighted by Crippen LogP contribution is 2.04. The second-order valence-electron chi connectivity index (χ2n) is 1.41. The van der Waals surface area contributed by atoms with E-state index in [2.05, 4.69) is 0 Å². The molecule has 1 atom stereocenters. The van der Waals surface area contributed by atoms with Crippen LogP contribution >= 0.6 is 0 Å². The van der Waals surface area contributed by atoms with Crippen molar-refractivity contribution in [1.29, 1.82) is 0 Å². The van der Waals surface area contributed by atoms with Gasteiger partial charge in [-0.3, -0.25) is 0 Å². The molecule has 0 saturated carbocycles. The summed E-state index contributed by atoms with van der Waals surface area (Å²) < 4.78 is 9.93. The maximum atomic E-state index is 5.02. The van der Waals surface area contributed by atoms with Crippen molar-refractivity contribution in [3.05, 3.63) is 0 Å². The molecule has 1 fully saturated rings. The van der Waals surface area contributed by atoms with E-state index in [9.17, 15) is 0 Å². The average Bonchev–Trinajstić information content (AvgIpc) is 2.21. The van der Waals surface area contributed by atoms with E-state index in [1.807, 2.05) is 0 Å². The normalized spacial score (nSPS) is 33.0. The Balaban J connectivity index is 1.88. The number of ether oxygens (including phenoxy) is 1. The molecule has 0 radical (unpaired) electrons. The van der Waals surface area contributed by atoms with Crippen LogP contribution < -0.4 is 0 Å². The first kappa shape index (κ1) is 4.51. The maximum absolute atomic E-state index is 5.02. The SMILES string of the molecule is [SiH3]O[SiH2]C1CO1. The van der Waals surface area contributed by atoms with Gasteiger partial charge in [0.25, 0.3) is 0 Å². The summed E-state index contributed by atoms with van der Waals surface area (Å²) in [6, 6.07) is 0. The zero-order valence-electron chi connectivity index (χ0n) is 3.81. The van der Waals surface area contributed by atoms with Crippen LogP contribution in [0.25, 0.3) is 0 Å². The Hall–Kier alpha value is 0.354. The minimum Gasteiger partial charge on any atom is -0.466 e. The monoisotopic (exact) mass is 120 g/mol. The van der Waals surface area contributed by atoms with Gasteiger partial charge in [-0.15, -0.1) is 0 Å². The van der Waals surface area contributed by atoms with Crippen LogP contribution in [0.4, 0.5) is 0 Å². The lowest BCUT2D eigenvalue weighted by atomic mass is 11.0. The van der Waals surface area contributed by atoms with E-state index in [4.69, 9.17) is 8.85 Å². The smallest absolute Gasteiger partial charge is 0.178 e. The zero-order valence-corrected chi connectivity index (χ0v) is 7.22. The van der Waals surface area contributed by atoms with Crippen LogP contribution in [-0.4, -0.2) is 32.6 Å². The minimum absolute atomic E-state index is 0.193. The third kappa shape index (κ3) is 1.21. The summed E-state index contributed by atoms with van der Waals surface area (Å²) in [5.41, 5.74) is 0.600. The van der Waals surface area contributed by atoms with Crippen molar-refractivity contribution in [3.63, 3.8) is 0 Å². The molecular formula is C2H8O2Si2. The van der Waals surface area contributed by atoms with Crippen LogP contribution in [0.15, 0.2) is 0 Å². The molecule has 36 valence electrons. The predicted molar refractivity (Wildman–Crippen MR) is 29.3 cm³/mol. The first-order valence-electron chi connectivity index (χ1n) is 2.04. The molecule has 1 aliphatic rings. The van der Waals surface area contributed by atoms with E-state index in [1.165, 1.54) is 0 Å². The fourth-order valence-electron chi connectivity index (χ4n) is 0.350. The molecule has 1 heterocycles. The van der Waals surface area contributed by atoms with E-state index < -0.39 is 0 Å². The van der Waals surface area contributed by atoms with Gasteiger partial charge in [0, 0.05) is 0 Å². The molecule has 0 amide bonds. The Bertz CT molecular complexity index is 44.8. The lowest BCUT2D eigenvalue weighted by Crippen LogP contribution is -2.02. The second-order valence-corrected chi connectivity index (χ2v) is 4.96. The highest BCUT2D eigenvalue weighted by atomic mass is 28.3. The van der Waals surface area contributed by atoms with Crippen molar-refractivity contribution in [2.75, 3.05) is 6.61 Å². The highest BCUT2D eigenvalue weighted by Gasteiger charge is 2.21. The lowest BCUT2D eigenvalue weighted by Gasteiger charge is -1.84. The standard InChI is InChI=1S/C2H8O2Si2/c5-4-6-2-1-3-2/h2H,1,6H2,5H3. The fraction of sp³-hybridized carbons (Fsp3) is 1.00.